The zero-order valence-corrected chi connectivity index (χ0v) is 19.5. The van der Waals surface area contributed by atoms with Gasteiger partial charge in [0.2, 0.25) is 5.91 Å². The Morgan fingerprint density at radius 2 is 1.68 bits per heavy atom. The summed E-state index contributed by atoms with van der Waals surface area (Å²) in [6.45, 7) is 2.42. The zero-order chi connectivity index (χ0) is 24.0. The standard InChI is InChI=1S/C25H26N2O6S/c1-2-31-20-14-12-19(13-15-20)27(34(29,30)22-8-4-3-5-9-22)17-25(28)26-16-21-18-32-23-10-6-7-11-24(23)33-21/h3-15,21H,2,16-18H2,1H3,(H,26,28)/t21-/m0/s1. The SMILES string of the molecule is CCOc1ccc(N(CC(=O)NC[C@H]2COc3ccccc3O2)S(=O)(=O)c2ccccc2)cc1. The van der Waals surface area contributed by atoms with E-state index in [4.69, 9.17) is 14.2 Å². The molecule has 1 aliphatic rings. The number of carbonyl (C=O) groups excluding carboxylic acids is 1. The molecule has 9 heteroatoms. The van der Waals surface area contributed by atoms with Crippen LogP contribution in [0.4, 0.5) is 5.69 Å². The van der Waals surface area contributed by atoms with Gasteiger partial charge in [-0.05, 0) is 55.5 Å². The molecule has 1 heterocycles. The molecule has 0 saturated carbocycles. The molecule has 178 valence electrons. The van der Waals surface area contributed by atoms with Crippen LogP contribution in [0.15, 0.2) is 83.8 Å². The molecule has 4 rings (SSSR count). The Kier molecular flexibility index (Phi) is 7.22. The summed E-state index contributed by atoms with van der Waals surface area (Å²) in [4.78, 5) is 12.9. The molecule has 3 aromatic rings. The van der Waals surface area contributed by atoms with E-state index in [1.165, 1.54) is 12.1 Å². The minimum Gasteiger partial charge on any atom is -0.494 e. The van der Waals surface area contributed by atoms with Gasteiger partial charge in [-0.15, -0.1) is 0 Å². The fraction of sp³-hybridized carbons (Fsp3) is 0.240. The number of amides is 1. The van der Waals surface area contributed by atoms with Crippen LogP contribution in [0.3, 0.4) is 0 Å². The van der Waals surface area contributed by atoms with E-state index in [1.54, 1.807) is 48.5 Å². The molecule has 1 aliphatic heterocycles. The van der Waals surface area contributed by atoms with Crippen LogP contribution in [0.25, 0.3) is 0 Å². The molecule has 1 atom stereocenters. The average molecular weight is 483 g/mol. The first-order chi connectivity index (χ1) is 16.5. The Labute approximate surface area is 199 Å². The molecule has 0 saturated heterocycles. The number of nitrogens with one attached hydrogen (secondary N) is 1. The molecule has 8 nitrogen and oxygen atoms in total. The Hall–Kier alpha value is -3.72. The van der Waals surface area contributed by atoms with Gasteiger partial charge in [-0.3, -0.25) is 9.10 Å². The maximum Gasteiger partial charge on any atom is 0.264 e. The van der Waals surface area contributed by atoms with Crippen LogP contribution in [0, 0.1) is 0 Å². The minimum absolute atomic E-state index is 0.0947. The molecule has 1 N–H and O–H groups in total. The zero-order valence-electron chi connectivity index (χ0n) is 18.7. The smallest absolute Gasteiger partial charge is 0.264 e. The van der Waals surface area contributed by atoms with Crippen molar-refractivity contribution in [3.8, 4) is 17.2 Å². The molecule has 0 fully saturated rings. The van der Waals surface area contributed by atoms with Crippen LogP contribution in [-0.2, 0) is 14.8 Å². The van der Waals surface area contributed by atoms with Crippen molar-refractivity contribution in [2.45, 2.75) is 17.9 Å². The summed E-state index contributed by atoms with van der Waals surface area (Å²) >= 11 is 0. The molecule has 0 aromatic heterocycles. The topological polar surface area (TPSA) is 94.2 Å². The average Bonchev–Trinajstić information content (AvgIpc) is 2.87. The van der Waals surface area contributed by atoms with Gasteiger partial charge in [0, 0.05) is 0 Å². The van der Waals surface area contributed by atoms with Crippen LogP contribution in [0.1, 0.15) is 6.92 Å². The highest BCUT2D eigenvalue weighted by molar-refractivity contribution is 7.92. The minimum atomic E-state index is -3.98. The number of anilines is 1. The largest absolute Gasteiger partial charge is 0.494 e. The second-order valence-corrected chi connectivity index (χ2v) is 9.42. The van der Waals surface area contributed by atoms with Gasteiger partial charge in [-0.25, -0.2) is 8.42 Å². The fourth-order valence-corrected chi connectivity index (χ4v) is 4.93. The lowest BCUT2D eigenvalue weighted by molar-refractivity contribution is -0.120. The van der Waals surface area contributed by atoms with Crippen LogP contribution < -0.4 is 23.8 Å². The Morgan fingerprint density at radius 1 is 1.00 bits per heavy atom. The third kappa shape index (κ3) is 5.43. The second kappa shape index (κ2) is 10.5. The lowest BCUT2D eigenvalue weighted by Crippen LogP contribution is -2.45. The van der Waals surface area contributed by atoms with Crippen LogP contribution >= 0.6 is 0 Å². The van der Waals surface area contributed by atoms with Crippen molar-refractivity contribution in [3.05, 3.63) is 78.9 Å². The maximum absolute atomic E-state index is 13.4. The van der Waals surface area contributed by atoms with Crippen molar-refractivity contribution in [1.29, 1.82) is 0 Å². The molecule has 0 radical (unpaired) electrons. The van der Waals surface area contributed by atoms with Crippen LogP contribution in [-0.4, -0.2) is 46.7 Å². The van der Waals surface area contributed by atoms with Gasteiger partial charge in [-0.2, -0.15) is 0 Å². The highest BCUT2D eigenvalue weighted by atomic mass is 32.2. The Balaban J connectivity index is 1.48. The predicted molar refractivity (Wildman–Crippen MR) is 128 cm³/mol. The molecular formula is C25H26N2O6S. The van der Waals surface area contributed by atoms with Crippen LogP contribution in [0.2, 0.25) is 0 Å². The van der Waals surface area contributed by atoms with Gasteiger partial charge in [0.1, 0.15) is 25.0 Å². The highest BCUT2D eigenvalue weighted by Crippen LogP contribution is 2.30. The van der Waals surface area contributed by atoms with Gasteiger partial charge in [0.25, 0.3) is 10.0 Å². The van der Waals surface area contributed by atoms with Crippen molar-refractivity contribution in [2.75, 3.05) is 30.6 Å². The number of benzene rings is 3. The van der Waals surface area contributed by atoms with E-state index in [0.717, 1.165) is 4.31 Å². The number of hydrogen-bond donors (Lipinski definition) is 1. The molecule has 1 amide bonds. The van der Waals surface area contributed by atoms with Gasteiger partial charge in [0.15, 0.2) is 11.5 Å². The first-order valence-corrected chi connectivity index (χ1v) is 12.4. The van der Waals surface area contributed by atoms with E-state index < -0.39 is 22.5 Å². The number of ether oxygens (including phenoxy) is 3. The van der Waals surface area contributed by atoms with E-state index in [-0.39, 0.29) is 24.2 Å². The molecule has 34 heavy (non-hydrogen) atoms. The number of nitrogens with zero attached hydrogens (tertiary/aromatic N) is 1. The summed E-state index contributed by atoms with van der Waals surface area (Å²) in [6.07, 6.45) is -0.386. The van der Waals surface area contributed by atoms with Crippen molar-refractivity contribution in [3.63, 3.8) is 0 Å². The molecule has 0 unspecified atom stereocenters. The Bertz CT molecular complexity index is 1220. The maximum atomic E-state index is 13.4. The lowest BCUT2D eigenvalue weighted by Gasteiger charge is -2.27. The summed E-state index contributed by atoms with van der Waals surface area (Å²) in [6, 6.07) is 21.9. The van der Waals surface area contributed by atoms with E-state index in [1.807, 2.05) is 25.1 Å². The van der Waals surface area contributed by atoms with Crippen molar-refractivity contribution < 1.29 is 27.4 Å². The van der Waals surface area contributed by atoms with Crippen molar-refractivity contribution in [1.82, 2.24) is 5.32 Å². The molecule has 0 bridgehead atoms. The van der Waals surface area contributed by atoms with Crippen molar-refractivity contribution >= 4 is 21.6 Å². The van der Waals surface area contributed by atoms with E-state index in [0.29, 0.717) is 29.5 Å². The monoisotopic (exact) mass is 482 g/mol. The van der Waals surface area contributed by atoms with Gasteiger partial charge in [0.05, 0.1) is 23.7 Å². The molecule has 0 aliphatic carbocycles. The predicted octanol–water partition coefficient (Wildman–Crippen LogP) is 3.24. The van der Waals surface area contributed by atoms with E-state index >= 15 is 0 Å². The third-order valence-electron chi connectivity index (χ3n) is 5.15. The summed E-state index contributed by atoms with van der Waals surface area (Å²) in [5.41, 5.74) is 0.355. The van der Waals surface area contributed by atoms with Gasteiger partial charge in [-0.1, -0.05) is 30.3 Å². The first-order valence-electron chi connectivity index (χ1n) is 10.9. The van der Waals surface area contributed by atoms with E-state index in [2.05, 4.69) is 5.32 Å². The molecule has 0 spiro atoms. The highest BCUT2D eigenvalue weighted by Gasteiger charge is 2.28. The summed E-state index contributed by atoms with van der Waals surface area (Å²) < 4.78 is 44.8. The third-order valence-corrected chi connectivity index (χ3v) is 6.94. The lowest BCUT2D eigenvalue weighted by atomic mass is 10.2. The summed E-state index contributed by atoms with van der Waals surface area (Å²) in [7, 11) is -3.98. The molecular weight excluding hydrogens is 456 g/mol. The second-order valence-electron chi connectivity index (χ2n) is 7.55. The number of fused-ring (bicyclic) bond motifs is 1. The number of rotatable bonds is 9. The number of hydrogen-bond acceptors (Lipinski definition) is 6. The van der Waals surface area contributed by atoms with Crippen molar-refractivity contribution in [2.24, 2.45) is 0 Å². The van der Waals surface area contributed by atoms with Gasteiger partial charge >= 0.3 is 0 Å². The first kappa shape index (κ1) is 23.4. The van der Waals surface area contributed by atoms with Crippen LogP contribution in [0.5, 0.6) is 17.2 Å². The quantitative estimate of drug-likeness (QED) is 0.503. The Morgan fingerprint density at radius 3 is 2.38 bits per heavy atom. The molecule has 3 aromatic carbocycles. The number of para-hydroxylation sites is 2. The number of sulfonamides is 1. The van der Waals surface area contributed by atoms with E-state index in [9.17, 15) is 13.2 Å². The number of carbonyl (C=O) groups is 1. The summed E-state index contributed by atoms with van der Waals surface area (Å²) in [5, 5.41) is 2.76. The van der Waals surface area contributed by atoms with Gasteiger partial charge < -0.3 is 19.5 Å². The fourth-order valence-electron chi connectivity index (χ4n) is 3.49. The summed E-state index contributed by atoms with van der Waals surface area (Å²) in [5.74, 6) is 1.41. The normalized spacial score (nSPS) is 14.8.